The molecule has 0 saturated heterocycles. The Morgan fingerprint density at radius 3 is 1.90 bits per heavy atom. The monoisotopic (exact) mass is 521 g/mol. The number of hydrogen-bond donors (Lipinski definition) is 0. The highest BCUT2D eigenvalue weighted by molar-refractivity contribution is 5.91. The summed E-state index contributed by atoms with van der Waals surface area (Å²) in [6.45, 7) is 2.28. The highest BCUT2D eigenvalue weighted by Gasteiger charge is 2.20. The normalized spacial score (nSPS) is 11.6. The van der Waals surface area contributed by atoms with E-state index in [0.717, 1.165) is 35.1 Å². The molecule has 0 unspecified atom stereocenters. The van der Waals surface area contributed by atoms with Gasteiger partial charge in [-0.25, -0.2) is 4.79 Å². The van der Waals surface area contributed by atoms with Crippen molar-refractivity contribution in [2.75, 3.05) is 0 Å². The Morgan fingerprint density at radius 1 is 0.718 bits per heavy atom. The van der Waals surface area contributed by atoms with E-state index in [-0.39, 0.29) is 5.97 Å². The number of aryl methyl sites for hydroxylation is 1. The Kier molecular flexibility index (Phi) is 11.2. The molecule has 0 fully saturated rings. The van der Waals surface area contributed by atoms with Gasteiger partial charge in [0.15, 0.2) is 0 Å². The summed E-state index contributed by atoms with van der Waals surface area (Å²) in [5, 5.41) is 9.17. The molecule has 0 aromatic heterocycles. The maximum atomic E-state index is 12.8. The van der Waals surface area contributed by atoms with Crippen LogP contribution in [0.4, 0.5) is 0 Å². The first-order valence-corrected chi connectivity index (χ1v) is 15.2. The molecule has 3 nitrogen and oxygen atoms in total. The van der Waals surface area contributed by atoms with Crippen LogP contribution in [0.5, 0.6) is 5.75 Å². The number of carbonyl (C=O) groups is 1. The average molecular weight is 522 g/mol. The minimum atomic E-state index is -0.329. The van der Waals surface area contributed by atoms with E-state index in [1.54, 1.807) is 0 Å². The lowest BCUT2D eigenvalue weighted by Gasteiger charge is -2.08. The molecule has 1 aliphatic carbocycles. The zero-order valence-corrected chi connectivity index (χ0v) is 23.6. The van der Waals surface area contributed by atoms with E-state index < -0.39 is 0 Å². The second kappa shape index (κ2) is 15.3. The van der Waals surface area contributed by atoms with Crippen molar-refractivity contribution >= 4 is 5.97 Å². The molecule has 0 spiro atoms. The molecule has 0 N–H and O–H groups in total. The van der Waals surface area contributed by atoms with Crippen LogP contribution >= 0.6 is 0 Å². The topological polar surface area (TPSA) is 50.1 Å². The minimum absolute atomic E-state index is 0.329. The summed E-state index contributed by atoms with van der Waals surface area (Å²) in [6.07, 6.45) is 19.6. The van der Waals surface area contributed by atoms with Crippen LogP contribution in [0, 0.1) is 11.3 Å². The Bertz CT molecular complexity index is 1250. The zero-order valence-electron chi connectivity index (χ0n) is 23.6. The Hall–Kier alpha value is -3.38. The van der Waals surface area contributed by atoms with Crippen molar-refractivity contribution in [3.63, 3.8) is 0 Å². The fourth-order valence-electron chi connectivity index (χ4n) is 5.64. The summed E-state index contributed by atoms with van der Waals surface area (Å²) in [4.78, 5) is 12.8. The SMILES string of the molecule is CCCCCCCCCCCCCCCc1ccc(C(=O)Oc2ccc3c(c2)Cc2cc(C#N)ccc2-3)cc1. The molecule has 0 radical (unpaired) electrons. The Balaban J connectivity index is 1.12. The lowest BCUT2D eigenvalue weighted by Crippen LogP contribution is -2.08. The van der Waals surface area contributed by atoms with E-state index >= 15 is 0 Å². The van der Waals surface area contributed by atoms with Gasteiger partial charge in [-0.05, 0) is 83.5 Å². The highest BCUT2D eigenvalue weighted by atomic mass is 16.5. The van der Waals surface area contributed by atoms with E-state index in [4.69, 9.17) is 4.74 Å². The standard InChI is InChI=1S/C36H43NO2/c1-2-3-4-5-6-7-8-9-10-11-12-13-14-15-28-16-19-30(20-17-28)36(38)39-33-21-23-35-32(26-33)25-31-24-29(27-37)18-22-34(31)35/h16-24,26H,2-15,25H2,1H3. The van der Waals surface area contributed by atoms with Crippen LogP contribution < -0.4 is 4.74 Å². The van der Waals surface area contributed by atoms with Gasteiger partial charge in [0.2, 0.25) is 0 Å². The van der Waals surface area contributed by atoms with Crippen LogP contribution in [0.1, 0.15) is 123 Å². The summed E-state index contributed by atoms with van der Waals surface area (Å²) in [6, 6.07) is 21.7. The lowest BCUT2D eigenvalue weighted by molar-refractivity contribution is 0.0734. The minimum Gasteiger partial charge on any atom is -0.423 e. The molecule has 0 bridgehead atoms. The number of nitriles is 1. The summed E-state index contributed by atoms with van der Waals surface area (Å²) in [5.41, 5.74) is 7.09. The molecule has 1 aliphatic rings. The van der Waals surface area contributed by atoms with E-state index in [1.165, 1.54) is 89.0 Å². The number of hydrogen-bond acceptors (Lipinski definition) is 3. The Labute approximate surface area is 235 Å². The van der Waals surface area contributed by atoms with Crippen molar-refractivity contribution in [3.8, 4) is 22.9 Å². The van der Waals surface area contributed by atoms with Gasteiger partial charge in [-0.3, -0.25) is 0 Å². The second-order valence-corrected chi connectivity index (χ2v) is 11.1. The van der Waals surface area contributed by atoms with Gasteiger partial charge in [0.1, 0.15) is 5.75 Å². The summed E-state index contributed by atoms with van der Waals surface area (Å²) >= 11 is 0. The second-order valence-electron chi connectivity index (χ2n) is 11.1. The van der Waals surface area contributed by atoms with Crippen molar-refractivity contribution in [2.45, 2.75) is 103 Å². The summed E-state index contributed by atoms with van der Waals surface area (Å²) < 4.78 is 5.70. The molecule has 3 aromatic rings. The molecule has 0 saturated carbocycles. The predicted octanol–water partition coefficient (Wildman–Crippen LogP) is 9.98. The van der Waals surface area contributed by atoms with Crippen molar-refractivity contribution < 1.29 is 9.53 Å². The molecular weight excluding hydrogens is 478 g/mol. The van der Waals surface area contributed by atoms with Gasteiger partial charge in [0.25, 0.3) is 0 Å². The number of carbonyl (C=O) groups excluding carboxylic acids is 1. The first kappa shape index (κ1) is 28.6. The molecule has 39 heavy (non-hydrogen) atoms. The first-order chi connectivity index (χ1) is 19.2. The van der Waals surface area contributed by atoms with E-state index in [0.29, 0.717) is 16.9 Å². The van der Waals surface area contributed by atoms with Crippen molar-refractivity contribution in [3.05, 3.63) is 88.5 Å². The maximum absolute atomic E-state index is 12.8. The quantitative estimate of drug-likeness (QED) is 0.0837. The average Bonchev–Trinajstić information content (AvgIpc) is 3.32. The molecule has 0 atom stereocenters. The number of esters is 1. The van der Waals surface area contributed by atoms with Crippen LogP contribution in [-0.2, 0) is 12.8 Å². The van der Waals surface area contributed by atoms with E-state index in [9.17, 15) is 10.1 Å². The summed E-state index contributed by atoms with van der Waals surface area (Å²) in [7, 11) is 0. The van der Waals surface area contributed by atoms with Gasteiger partial charge in [-0.2, -0.15) is 5.26 Å². The molecule has 204 valence electrons. The molecule has 3 aromatic carbocycles. The van der Waals surface area contributed by atoms with E-state index in [1.807, 2.05) is 48.5 Å². The number of rotatable bonds is 16. The third kappa shape index (κ3) is 8.56. The molecular formula is C36H43NO2. The fourth-order valence-corrected chi connectivity index (χ4v) is 5.64. The maximum Gasteiger partial charge on any atom is 0.343 e. The van der Waals surface area contributed by atoms with Crippen molar-refractivity contribution in [1.29, 1.82) is 5.26 Å². The van der Waals surface area contributed by atoms with Crippen LogP contribution in [0.2, 0.25) is 0 Å². The molecule has 3 heteroatoms. The summed E-state index contributed by atoms with van der Waals surface area (Å²) in [5.74, 6) is 0.229. The first-order valence-electron chi connectivity index (χ1n) is 15.2. The largest absolute Gasteiger partial charge is 0.423 e. The third-order valence-electron chi connectivity index (χ3n) is 7.95. The Morgan fingerprint density at radius 2 is 1.28 bits per heavy atom. The number of fused-ring (bicyclic) bond motifs is 3. The predicted molar refractivity (Wildman–Crippen MR) is 160 cm³/mol. The van der Waals surface area contributed by atoms with Gasteiger partial charge in [0, 0.05) is 0 Å². The number of unbranched alkanes of at least 4 members (excludes halogenated alkanes) is 12. The zero-order chi connectivity index (χ0) is 27.3. The van der Waals surface area contributed by atoms with Crippen LogP contribution in [0.15, 0.2) is 60.7 Å². The number of ether oxygens (including phenoxy) is 1. The van der Waals surface area contributed by atoms with Crippen LogP contribution in [0.25, 0.3) is 11.1 Å². The smallest absolute Gasteiger partial charge is 0.343 e. The fraction of sp³-hybridized carbons (Fsp3) is 0.444. The lowest BCUT2D eigenvalue weighted by atomic mass is 10.0. The van der Waals surface area contributed by atoms with Gasteiger partial charge >= 0.3 is 5.97 Å². The van der Waals surface area contributed by atoms with Gasteiger partial charge in [-0.15, -0.1) is 0 Å². The number of benzene rings is 3. The van der Waals surface area contributed by atoms with E-state index in [2.05, 4.69) is 25.1 Å². The molecule has 0 aliphatic heterocycles. The molecule has 4 rings (SSSR count). The third-order valence-corrected chi connectivity index (χ3v) is 7.95. The molecule has 0 amide bonds. The van der Waals surface area contributed by atoms with Crippen molar-refractivity contribution in [2.24, 2.45) is 0 Å². The molecule has 0 heterocycles. The highest BCUT2D eigenvalue weighted by Crippen LogP contribution is 2.38. The number of nitrogens with zero attached hydrogens (tertiary/aromatic N) is 1. The van der Waals surface area contributed by atoms with Crippen LogP contribution in [0.3, 0.4) is 0 Å². The van der Waals surface area contributed by atoms with Gasteiger partial charge in [0.05, 0.1) is 17.2 Å². The van der Waals surface area contributed by atoms with Crippen LogP contribution in [-0.4, -0.2) is 5.97 Å². The van der Waals surface area contributed by atoms with Crippen molar-refractivity contribution in [1.82, 2.24) is 0 Å². The van der Waals surface area contributed by atoms with Gasteiger partial charge < -0.3 is 4.74 Å². The van der Waals surface area contributed by atoms with Gasteiger partial charge in [-0.1, -0.05) is 108 Å².